The minimum atomic E-state index is -0.498. The first-order valence-electron chi connectivity index (χ1n) is 7.17. The van der Waals surface area contributed by atoms with Crippen LogP contribution in [0.4, 0.5) is 4.39 Å². The van der Waals surface area contributed by atoms with Crippen molar-refractivity contribution in [3.8, 4) is 17.2 Å². The highest BCUT2D eigenvalue weighted by Gasteiger charge is 2.16. The molecule has 0 fully saturated rings. The van der Waals surface area contributed by atoms with Crippen LogP contribution in [0.5, 0.6) is 5.75 Å². The minimum Gasteiger partial charge on any atom is -0.496 e. The van der Waals surface area contributed by atoms with Gasteiger partial charge in [0.25, 0.3) is 0 Å². The number of carbonyl (C=O) groups is 1. The van der Waals surface area contributed by atoms with Crippen molar-refractivity contribution >= 4 is 5.91 Å². The average molecular weight is 327 g/mol. The van der Waals surface area contributed by atoms with Crippen molar-refractivity contribution in [2.45, 2.75) is 6.54 Å². The summed E-state index contributed by atoms with van der Waals surface area (Å²) in [5, 5.41) is 10.2. The average Bonchev–Trinajstić information content (AvgIpc) is 3.10. The third-order valence-electron chi connectivity index (χ3n) is 3.34. The molecule has 122 valence electrons. The van der Waals surface area contributed by atoms with Gasteiger partial charge in [-0.15, -0.1) is 10.2 Å². The van der Waals surface area contributed by atoms with Gasteiger partial charge in [-0.1, -0.05) is 18.2 Å². The predicted molar refractivity (Wildman–Crippen MR) is 83.9 cm³/mol. The number of nitrogens with zero attached hydrogens (tertiary/aromatic N) is 2. The Kier molecular flexibility index (Phi) is 4.51. The number of hydrogen-bond acceptors (Lipinski definition) is 5. The highest BCUT2D eigenvalue weighted by Crippen LogP contribution is 2.19. The van der Waals surface area contributed by atoms with E-state index in [0.717, 1.165) is 5.56 Å². The summed E-state index contributed by atoms with van der Waals surface area (Å²) in [6, 6.07) is 12.9. The predicted octanol–water partition coefficient (Wildman–Crippen LogP) is 2.81. The number of benzene rings is 2. The number of para-hydroxylation sites is 1. The zero-order valence-corrected chi connectivity index (χ0v) is 12.8. The van der Waals surface area contributed by atoms with Crippen molar-refractivity contribution < 1.29 is 18.3 Å². The molecule has 0 saturated carbocycles. The second-order valence-corrected chi connectivity index (χ2v) is 4.91. The molecule has 24 heavy (non-hydrogen) atoms. The van der Waals surface area contributed by atoms with Gasteiger partial charge in [-0.3, -0.25) is 4.79 Å². The van der Waals surface area contributed by atoms with E-state index in [-0.39, 0.29) is 24.1 Å². The molecule has 0 radical (unpaired) electrons. The van der Waals surface area contributed by atoms with E-state index in [1.54, 1.807) is 13.2 Å². The number of aromatic nitrogens is 2. The molecule has 0 aliphatic carbocycles. The van der Waals surface area contributed by atoms with Crippen molar-refractivity contribution in [3.05, 3.63) is 65.8 Å². The molecule has 0 aliphatic rings. The van der Waals surface area contributed by atoms with E-state index in [9.17, 15) is 9.18 Å². The van der Waals surface area contributed by atoms with Crippen molar-refractivity contribution in [1.29, 1.82) is 0 Å². The second kappa shape index (κ2) is 6.91. The molecule has 3 aromatic rings. The summed E-state index contributed by atoms with van der Waals surface area (Å²) in [6.07, 6.45) is 0. The maximum absolute atomic E-state index is 12.9. The highest BCUT2D eigenvalue weighted by atomic mass is 19.1. The van der Waals surface area contributed by atoms with Crippen molar-refractivity contribution in [2.75, 3.05) is 7.11 Å². The van der Waals surface area contributed by atoms with Crippen molar-refractivity contribution in [1.82, 2.24) is 15.5 Å². The molecule has 0 aliphatic heterocycles. The molecule has 1 heterocycles. The van der Waals surface area contributed by atoms with Crippen LogP contribution in [0.25, 0.3) is 11.5 Å². The fourth-order valence-corrected chi connectivity index (χ4v) is 2.12. The molecule has 0 saturated heterocycles. The lowest BCUT2D eigenvalue weighted by molar-refractivity contribution is 0.0916. The van der Waals surface area contributed by atoms with Gasteiger partial charge in [0.1, 0.15) is 11.6 Å². The Balaban J connectivity index is 1.69. The molecular formula is C17H14FN3O3. The van der Waals surface area contributed by atoms with E-state index in [1.807, 2.05) is 18.2 Å². The van der Waals surface area contributed by atoms with Gasteiger partial charge in [0, 0.05) is 17.7 Å². The first-order chi connectivity index (χ1) is 11.7. The number of methoxy groups -OCH3 is 1. The molecule has 7 heteroatoms. The Morgan fingerprint density at radius 1 is 1.17 bits per heavy atom. The normalized spacial score (nSPS) is 10.4. The van der Waals surface area contributed by atoms with Crippen LogP contribution in [0.3, 0.4) is 0 Å². The smallest absolute Gasteiger partial charge is 0.309 e. The summed E-state index contributed by atoms with van der Waals surface area (Å²) >= 11 is 0. The molecule has 0 unspecified atom stereocenters. The van der Waals surface area contributed by atoms with Gasteiger partial charge < -0.3 is 14.5 Å². The Hall–Kier alpha value is -3.22. The Morgan fingerprint density at radius 2 is 1.92 bits per heavy atom. The van der Waals surface area contributed by atoms with Gasteiger partial charge >= 0.3 is 11.8 Å². The zero-order chi connectivity index (χ0) is 16.9. The molecule has 3 rings (SSSR count). The summed E-state index contributed by atoms with van der Waals surface area (Å²) in [5.41, 5.74) is 1.36. The molecule has 1 N–H and O–H groups in total. The van der Waals surface area contributed by atoms with Crippen LogP contribution in [-0.2, 0) is 6.54 Å². The number of nitrogens with one attached hydrogen (secondary N) is 1. The molecule has 1 amide bonds. The van der Waals surface area contributed by atoms with E-state index in [1.165, 1.54) is 24.3 Å². The van der Waals surface area contributed by atoms with Crippen molar-refractivity contribution in [2.24, 2.45) is 0 Å². The summed E-state index contributed by atoms with van der Waals surface area (Å²) in [5.74, 6) is -0.202. The fourth-order valence-electron chi connectivity index (χ4n) is 2.12. The van der Waals surface area contributed by atoms with E-state index in [2.05, 4.69) is 15.5 Å². The molecular weight excluding hydrogens is 313 g/mol. The van der Waals surface area contributed by atoms with Gasteiger partial charge in [0.2, 0.25) is 5.89 Å². The number of hydrogen-bond donors (Lipinski definition) is 1. The lowest BCUT2D eigenvalue weighted by Crippen LogP contribution is -2.23. The maximum Gasteiger partial charge on any atom is 0.309 e. The number of carbonyl (C=O) groups excluding carboxylic acids is 1. The lowest BCUT2D eigenvalue weighted by Gasteiger charge is -2.08. The van der Waals surface area contributed by atoms with Crippen LogP contribution in [0, 0.1) is 5.82 Å². The van der Waals surface area contributed by atoms with Crippen LogP contribution in [0.1, 0.15) is 16.2 Å². The van der Waals surface area contributed by atoms with Gasteiger partial charge in [0.15, 0.2) is 0 Å². The maximum atomic E-state index is 12.9. The van der Waals surface area contributed by atoms with Crippen LogP contribution in [-0.4, -0.2) is 23.2 Å². The lowest BCUT2D eigenvalue weighted by atomic mass is 10.2. The van der Waals surface area contributed by atoms with Gasteiger partial charge in [-0.05, 0) is 30.3 Å². The highest BCUT2D eigenvalue weighted by molar-refractivity contribution is 5.89. The Morgan fingerprint density at radius 3 is 2.67 bits per heavy atom. The van der Waals surface area contributed by atoms with Crippen LogP contribution >= 0.6 is 0 Å². The number of ether oxygens (including phenoxy) is 1. The molecule has 0 bridgehead atoms. The Labute approximate surface area is 137 Å². The molecule has 6 nitrogen and oxygen atoms in total. The number of rotatable bonds is 5. The first kappa shape index (κ1) is 15.7. The second-order valence-electron chi connectivity index (χ2n) is 4.91. The molecule has 0 atom stereocenters. The SMILES string of the molecule is COc1ccccc1CNC(=O)c1nnc(-c2ccc(F)cc2)o1. The van der Waals surface area contributed by atoms with Gasteiger partial charge in [-0.2, -0.15) is 0 Å². The standard InChI is InChI=1S/C17H14FN3O3/c1-23-14-5-3-2-4-12(14)10-19-15(22)17-21-20-16(24-17)11-6-8-13(18)9-7-11/h2-9H,10H2,1H3,(H,19,22). The van der Waals surface area contributed by atoms with E-state index >= 15 is 0 Å². The number of halogens is 1. The van der Waals surface area contributed by atoms with Crippen LogP contribution in [0.15, 0.2) is 52.9 Å². The van der Waals surface area contributed by atoms with E-state index in [4.69, 9.17) is 9.15 Å². The third-order valence-corrected chi connectivity index (χ3v) is 3.34. The molecule has 1 aromatic heterocycles. The molecule has 2 aromatic carbocycles. The quantitative estimate of drug-likeness (QED) is 0.780. The summed E-state index contributed by atoms with van der Waals surface area (Å²) in [7, 11) is 1.56. The van der Waals surface area contributed by atoms with E-state index in [0.29, 0.717) is 11.3 Å². The molecule has 0 spiro atoms. The van der Waals surface area contributed by atoms with Crippen molar-refractivity contribution in [3.63, 3.8) is 0 Å². The summed E-state index contributed by atoms with van der Waals surface area (Å²) in [4.78, 5) is 12.1. The Bertz CT molecular complexity index is 846. The first-order valence-corrected chi connectivity index (χ1v) is 7.17. The summed E-state index contributed by atoms with van der Waals surface area (Å²) in [6.45, 7) is 0.261. The topological polar surface area (TPSA) is 77.2 Å². The van der Waals surface area contributed by atoms with Gasteiger partial charge in [-0.25, -0.2) is 4.39 Å². The van der Waals surface area contributed by atoms with Crippen LogP contribution in [0.2, 0.25) is 0 Å². The number of amides is 1. The fraction of sp³-hybridized carbons (Fsp3) is 0.118. The zero-order valence-electron chi connectivity index (χ0n) is 12.8. The largest absolute Gasteiger partial charge is 0.496 e. The minimum absolute atomic E-state index is 0.150. The monoisotopic (exact) mass is 327 g/mol. The summed E-state index contributed by atoms with van der Waals surface area (Å²) < 4.78 is 23.5. The van der Waals surface area contributed by atoms with Gasteiger partial charge in [0.05, 0.1) is 7.11 Å². The third kappa shape index (κ3) is 3.40. The van der Waals surface area contributed by atoms with Crippen LogP contribution < -0.4 is 10.1 Å². The van der Waals surface area contributed by atoms with E-state index < -0.39 is 5.91 Å².